The van der Waals surface area contributed by atoms with Crippen LogP contribution in [0, 0.1) is 5.92 Å². The number of hydrogen-bond donors (Lipinski definition) is 0. The first kappa shape index (κ1) is 8.24. The summed E-state index contributed by atoms with van der Waals surface area (Å²) < 4.78 is 0. The van der Waals surface area contributed by atoms with Crippen LogP contribution in [0.2, 0.25) is 0 Å². The molecule has 66 valence electrons. The fourth-order valence-electron chi connectivity index (χ4n) is 2.03. The summed E-state index contributed by atoms with van der Waals surface area (Å²) in [6, 6.07) is 0. The molecule has 1 aromatic rings. The second-order valence-corrected chi connectivity index (χ2v) is 4.41. The van der Waals surface area contributed by atoms with Gasteiger partial charge >= 0.3 is 0 Å². The molecule has 0 N–H and O–H groups in total. The lowest BCUT2D eigenvalue weighted by Crippen LogP contribution is -2.09. The van der Waals surface area contributed by atoms with Gasteiger partial charge in [0.1, 0.15) is 0 Å². The number of aromatic nitrogens is 1. The Morgan fingerprint density at radius 2 is 2.17 bits per heavy atom. The van der Waals surface area contributed by atoms with Crippen molar-refractivity contribution in [3.05, 3.63) is 16.6 Å². The molecular weight excluding hydrogens is 166 g/mol. The number of thiazole rings is 1. The van der Waals surface area contributed by atoms with Gasteiger partial charge in [-0.15, -0.1) is 11.3 Å². The SMILES string of the molecule is c1nc(CC2CCCCC2)cs1. The summed E-state index contributed by atoms with van der Waals surface area (Å²) in [6.07, 6.45) is 8.41. The van der Waals surface area contributed by atoms with Gasteiger partial charge in [0.25, 0.3) is 0 Å². The van der Waals surface area contributed by atoms with Crippen LogP contribution in [-0.4, -0.2) is 4.98 Å². The summed E-state index contributed by atoms with van der Waals surface area (Å²) in [5.74, 6) is 0.931. The normalized spacial score (nSPS) is 19.7. The molecule has 2 rings (SSSR count). The molecule has 0 bridgehead atoms. The van der Waals surface area contributed by atoms with Crippen molar-refractivity contribution in [3.8, 4) is 0 Å². The molecule has 0 aliphatic heterocycles. The van der Waals surface area contributed by atoms with Crippen LogP contribution in [-0.2, 0) is 6.42 Å². The lowest BCUT2D eigenvalue weighted by molar-refractivity contribution is 0.355. The molecule has 1 fully saturated rings. The zero-order valence-corrected chi connectivity index (χ0v) is 8.15. The maximum absolute atomic E-state index is 4.33. The summed E-state index contributed by atoms with van der Waals surface area (Å²) in [4.78, 5) is 4.33. The number of hydrogen-bond acceptors (Lipinski definition) is 2. The van der Waals surface area contributed by atoms with E-state index in [2.05, 4.69) is 10.4 Å². The molecule has 0 atom stereocenters. The second-order valence-electron chi connectivity index (χ2n) is 3.69. The van der Waals surface area contributed by atoms with Gasteiger partial charge in [-0.05, 0) is 12.3 Å². The van der Waals surface area contributed by atoms with Crippen molar-refractivity contribution in [2.24, 2.45) is 5.92 Å². The Morgan fingerprint density at radius 1 is 1.33 bits per heavy atom. The summed E-state index contributed by atoms with van der Waals surface area (Å²) in [7, 11) is 0. The van der Waals surface area contributed by atoms with E-state index < -0.39 is 0 Å². The van der Waals surface area contributed by atoms with Gasteiger partial charge in [-0.25, -0.2) is 4.98 Å². The first-order valence-electron chi connectivity index (χ1n) is 4.82. The Kier molecular flexibility index (Phi) is 2.77. The Balaban J connectivity index is 1.86. The van der Waals surface area contributed by atoms with E-state index in [1.807, 2.05) is 5.51 Å². The zero-order valence-electron chi connectivity index (χ0n) is 7.33. The first-order chi connectivity index (χ1) is 5.95. The topological polar surface area (TPSA) is 12.9 Å². The van der Waals surface area contributed by atoms with Crippen LogP contribution in [0.5, 0.6) is 0 Å². The zero-order chi connectivity index (χ0) is 8.23. The summed E-state index contributed by atoms with van der Waals surface area (Å²) in [6.45, 7) is 0. The minimum Gasteiger partial charge on any atom is -0.250 e. The minimum atomic E-state index is 0.931. The van der Waals surface area contributed by atoms with Gasteiger partial charge in [-0.1, -0.05) is 32.1 Å². The van der Waals surface area contributed by atoms with E-state index in [-0.39, 0.29) is 0 Å². The Hall–Kier alpha value is -0.370. The van der Waals surface area contributed by atoms with Crippen LogP contribution in [0.3, 0.4) is 0 Å². The van der Waals surface area contributed by atoms with Crippen molar-refractivity contribution in [2.75, 3.05) is 0 Å². The maximum atomic E-state index is 4.33. The molecular formula is C10H15NS. The lowest BCUT2D eigenvalue weighted by Gasteiger charge is -2.20. The highest BCUT2D eigenvalue weighted by Crippen LogP contribution is 2.26. The predicted octanol–water partition coefficient (Wildman–Crippen LogP) is 3.27. The molecule has 1 heterocycles. The molecule has 2 heteroatoms. The third kappa shape index (κ3) is 2.07. The molecule has 0 saturated heterocycles. The van der Waals surface area contributed by atoms with E-state index >= 15 is 0 Å². The average molecular weight is 181 g/mol. The van der Waals surface area contributed by atoms with Crippen molar-refractivity contribution in [1.29, 1.82) is 0 Å². The van der Waals surface area contributed by atoms with Crippen LogP contribution >= 0.6 is 11.3 Å². The van der Waals surface area contributed by atoms with E-state index in [0.717, 1.165) is 5.92 Å². The quantitative estimate of drug-likeness (QED) is 0.682. The molecule has 0 radical (unpaired) electrons. The van der Waals surface area contributed by atoms with Crippen molar-refractivity contribution in [2.45, 2.75) is 38.5 Å². The van der Waals surface area contributed by atoms with E-state index in [0.29, 0.717) is 0 Å². The van der Waals surface area contributed by atoms with E-state index in [1.54, 1.807) is 11.3 Å². The van der Waals surface area contributed by atoms with Crippen LogP contribution in [0.25, 0.3) is 0 Å². The largest absolute Gasteiger partial charge is 0.250 e. The van der Waals surface area contributed by atoms with Gasteiger partial charge in [0.15, 0.2) is 0 Å². The summed E-state index contributed by atoms with van der Waals surface area (Å²) >= 11 is 1.72. The molecule has 1 aromatic heterocycles. The summed E-state index contributed by atoms with van der Waals surface area (Å²) in [5, 5.41) is 2.19. The van der Waals surface area contributed by atoms with Crippen molar-refractivity contribution in [3.63, 3.8) is 0 Å². The van der Waals surface area contributed by atoms with Crippen molar-refractivity contribution < 1.29 is 0 Å². The molecule has 1 aliphatic rings. The third-order valence-electron chi connectivity index (χ3n) is 2.71. The van der Waals surface area contributed by atoms with Crippen LogP contribution in [0.4, 0.5) is 0 Å². The highest BCUT2D eigenvalue weighted by Gasteiger charge is 2.14. The van der Waals surface area contributed by atoms with Gasteiger partial charge in [-0.3, -0.25) is 0 Å². The highest BCUT2D eigenvalue weighted by atomic mass is 32.1. The maximum Gasteiger partial charge on any atom is 0.0794 e. The van der Waals surface area contributed by atoms with Gasteiger partial charge < -0.3 is 0 Å². The number of rotatable bonds is 2. The smallest absolute Gasteiger partial charge is 0.0794 e. The van der Waals surface area contributed by atoms with Crippen molar-refractivity contribution in [1.82, 2.24) is 4.98 Å². The van der Waals surface area contributed by atoms with Crippen LogP contribution in [0.1, 0.15) is 37.8 Å². The Morgan fingerprint density at radius 3 is 2.83 bits per heavy atom. The summed E-state index contributed by atoms with van der Waals surface area (Å²) in [5.41, 5.74) is 3.25. The van der Waals surface area contributed by atoms with Crippen LogP contribution in [0.15, 0.2) is 10.9 Å². The van der Waals surface area contributed by atoms with Crippen LogP contribution < -0.4 is 0 Å². The van der Waals surface area contributed by atoms with E-state index in [9.17, 15) is 0 Å². The van der Waals surface area contributed by atoms with Crippen molar-refractivity contribution >= 4 is 11.3 Å². The molecule has 0 amide bonds. The molecule has 0 aromatic carbocycles. The molecule has 1 saturated carbocycles. The highest BCUT2D eigenvalue weighted by molar-refractivity contribution is 7.07. The van der Waals surface area contributed by atoms with Gasteiger partial charge in [-0.2, -0.15) is 0 Å². The standard InChI is InChI=1S/C10H15NS/c1-2-4-9(5-3-1)6-10-7-12-8-11-10/h7-9H,1-6H2. The first-order valence-corrected chi connectivity index (χ1v) is 5.76. The predicted molar refractivity (Wildman–Crippen MR) is 52.4 cm³/mol. The van der Waals surface area contributed by atoms with E-state index in [1.165, 1.54) is 44.2 Å². The second kappa shape index (κ2) is 4.04. The molecule has 1 aliphatic carbocycles. The third-order valence-corrected chi connectivity index (χ3v) is 3.34. The van der Waals surface area contributed by atoms with Gasteiger partial charge in [0, 0.05) is 5.38 Å². The molecule has 0 spiro atoms. The van der Waals surface area contributed by atoms with E-state index in [4.69, 9.17) is 0 Å². The number of nitrogens with zero attached hydrogens (tertiary/aromatic N) is 1. The Bertz CT molecular complexity index is 212. The fraction of sp³-hybridized carbons (Fsp3) is 0.700. The minimum absolute atomic E-state index is 0.931. The van der Waals surface area contributed by atoms with Gasteiger partial charge in [0.2, 0.25) is 0 Å². The molecule has 1 nitrogen and oxygen atoms in total. The fourth-order valence-corrected chi connectivity index (χ4v) is 2.60. The lowest BCUT2D eigenvalue weighted by atomic mass is 9.86. The molecule has 12 heavy (non-hydrogen) atoms. The molecule has 0 unspecified atom stereocenters. The Labute approximate surface area is 77.8 Å². The monoisotopic (exact) mass is 181 g/mol. The average Bonchev–Trinajstić information content (AvgIpc) is 2.59. The van der Waals surface area contributed by atoms with Gasteiger partial charge in [0.05, 0.1) is 11.2 Å².